The van der Waals surface area contributed by atoms with E-state index in [-0.39, 0.29) is 29.2 Å². The summed E-state index contributed by atoms with van der Waals surface area (Å²) in [4.78, 5) is 32.3. The number of hydrogen-bond donors (Lipinski definition) is 2. The van der Waals surface area contributed by atoms with Gasteiger partial charge in [-0.15, -0.1) is 0 Å². The number of rotatable bonds is 5. The largest absolute Gasteiger partial charge is 0.442 e. The summed E-state index contributed by atoms with van der Waals surface area (Å²) in [6, 6.07) is 0. The summed E-state index contributed by atoms with van der Waals surface area (Å²) in [5.74, 6) is 0.0901. The lowest BCUT2D eigenvalue weighted by Crippen LogP contribution is -2.33. The van der Waals surface area contributed by atoms with Gasteiger partial charge in [-0.25, -0.2) is 4.98 Å². The molecule has 1 amide bonds. The molecule has 2 heterocycles. The Bertz CT molecular complexity index is 674. The van der Waals surface area contributed by atoms with Gasteiger partial charge in [0.05, 0.1) is 11.9 Å². The van der Waals surface area contributed by atoms with Crippen molar-refractivity contribution in [2.45, 2.75) is 20.3 Å². The van der Waals surface area contributed by atoms with Crippen LogP contribution in [0, 0.1) is 6.92 Å². The molecule has 108 valence electrons. The summed E-state index contributed by atoms with van der Waals surface area (Å²) < 4.78 is 5.37. The topological polar surface area (TPSA) is 99.4 Å². The van der Waals surface area contributed by atoms with Crippen molar-refractivity contribution in [3.63, 3.8) is 0 Å². The number of aromatic nitrogens is 2. The van der Waals surface area contributed by atoms with Gasteiger partial charge in [0.25, 0.3) is 11.5 Å². The van der Waals surface area contributed by atoms with Crippen molar-refractivity contribution in [1.29, 1.82) is 0 Å². The molecule has 0 saturated carbocycles. The van der Waals surface area contributed by atoms with Crippen LogP contribution in [-0.4, -0.2) is 45.6 Å². The number of aliphatic hydroxyl groups is 1. The number of carbonyl (C=O) groups excluding carboxylic acids is 1. The van der Waals surface area contributed by atoms with E-state index in [0.717, 1.165) is 0 Å². The predicted octanol–water partition coefficient (Wildman–Crippen LogP) is 0.669. The number of H-pyrrole nitrogens is 1. The van der Waals surface area contributed by atoms with Crippen LogP contribution < -0.4 is 5.56 Å². The molecule has 0 aliphatic heterocycles. The van der Waals surface area contributed by atoms with Crippen LogP contribution in [0.25, 0.3) is 11.1 Å². The van der Waals surface area contributed by atoms with Crippen LogP contribution in [0.1, 0.15) is 29.5 Å². The maximum Gasteiger partial charge on any atom is 0.262 e. The molecule has 0 radical (unpaired) electrons. The third-order valence-electron chi connectivity index (χ3n) is 3.14. The summed E-state index contributed by atoms with van der Waals surface area (Å²) in [5, 5.41) is 9.05. The Balaban J connectivity index is 2.48. The van der Waals surface area contributed by atoms with Gasteiger partial charge in [0.2, 0.25) is 5.71 Å². The summed E-state index contributed by atoms with van der Waals surface area (Å²) in [6.45, 7) is 4.40. The van der Waals surface area contributed by atoms with E-state index in [2.05, 4.69) is 9.97 Å². The van der Waals surface area contributed by atoms with Gasteiger partial charge >= 0.3 is 0 Å². The van der Waals surface area contributed by atoms with Gasteiger partial charge in [-0.05, 0) is 20.3 Å². The van der Waals surface area contributed by atoms with E-state index in [1.807, 2.05) is 6.92 Å². The number of aromatic amines is 1. The van der Waals surface area contributed by atoms with Gasteiger partial charge in [0.15, 0.2) is 0 Å². The summed E-state index contributed by atoms with van der Waals surface area (Å²) in [5.41, 5.74) is 0.00959. The zero-order chi connectivity index (χ0) is 14.7. The minimum Gasteiger partial charge on any atom is -0.442 e. The minimum atomic E-state index is -0.395. The average molecular weight is 279 g/mol. The van der Waals surface area contributed by atoms with Gasteiger partial charge in [-0.3, -0.25) is 9.59 Å². The number of hydrogen-bond acceptors (Lipinski definition) is 5. The van der Waals surface area contributed by atoms with Crippen molar-refractivity contribution in [2.75, 3.05) is 19.7 Å². The SMILES string of the molecule is CCN(CCCO)C(=O)c1c(C)oc2nc[nH]c(=O)c12. The number of aryl methyl sites for hydroxylation is 1. The summed E-state index contributed by atoms with van der Waals surface area (Å²) >= 11 is 0. The second-order valence-electron chi connectivity index (χ2n) is 4.41. The standard InChI is InChI=1S/C13H17N3O4/c1-3-16(5-4-6-17)13(19)9-8(2)20-12-10(9)11(18)14-7-15-12/h7,17H,3-6H2,1-2H3,(H,14,15,18). The van der Waals surface area contributed by atoms with Gasteiger partial charge in [0.1, 0.15) is 11.1 Å². The molecule has 2 aromatic rings. The molecule has 0 saturated heterocycles. The smallest absolute Gasteiger partial charge is 0.262 e. The molecule has 2 N–H and O–H groups in total. The molecule has 7 nitrogen and oxygen atoms in total. The van der Waals surface area contributed by atoms with Crippen molar-refractivity contribution in [3.05, 3.63) is 28.0 Å². The number of nitrogens with zero attached hydrogens (tertiary/aromatic N) is 2. The normalized spacial score (nSPS) is 10.9. The number of fused-ring (bicyclic) bond motifs is 1. The lowest BCUT2D eigenvalue weighted by atomic mass is 10.1. The minimum absolute atomic E-state index is 0.0109. The van der Waals surface area contributed by atoms with E-state index in [4.69, 9.17) is 9.52 Å². The van der Waals surface area contributed by atoms with Crippen molar-refractivity contribution >= 4 is 17.0 Å². The fourth-order valence-electron chi connectivity index (χ4n) is 2.13. The van der Waals surface area contributed by atoms with Crippen LogP contribution in [-0.2, 0) is 0 Å². The van der Waals surface area contributed by atoms with Gasteiger partial charge in [-0.1, -0.05) is 0 Å². The highest BCUT2D eigenvalue weighted by Gasteiger charge is 2.24. The molecule has 0 bridgehead atoms. The Hall–Kier alpha value is -2.15. The van der Waals surface area contributed by atoms with Crippen LogP contribution >= 0.6 is 0 Å². The first-order chi connectivity index (χ1) is 9.60. The fraction of sp³-hybridized carbons (Fsp3) is 0.462. The Morgan fingerprint density at radius 2 is 2.30 bits per heavy atom. The highest BCUT2D eigenvalue weighted by Crippen LogP contribution is 2.22. The molecule has 0 aromatic carbocycles. The molecule has 2 aromatic heterocycles. The third-order valence-corrected chi connectivity index (χ3v) is 3.14. The predicted molar refractivity (Wildman–Crippen MR) is 72.6 cm³/mol. The van der Waals surface area contributed by atoms with Crippen molar-refractivity contribution < 1.29 is 14.3 Å². The second-order valence-corrected chi connectivity index (χ2v) is 4.41. The summed E-state index contributed by atoms with van der Waals surface area (Å²) in [6.07, 6.45) is 1.73. The first-order valence-corrected chi connectivity index (χ1v) is 6.47. The zero-order valence-electron chi connectivity index (χ0n) is 11.5. The Kier molecular flexibility index (Phi) is 4.19. The van der Waals surface area contributed by atoms with E-state index in [9.17, 15) is 9.59 Å². The van der Waals surface area contributed by atoms with E-state index in [1.54, 1.807) is 11.8 Å². The molecular weight excluding hydrogens is 262 g/mol. The Morgan fingerprint density at radius 3 is 2.95 bits per heavy atom. The van der Waals surface area contributed by atoms with Crippen molar-refractivity contribution in [2.24, 2.45) is 0 Å². The van der Waals surface area contributed by atoms with Gasteiger partial charge in [0, 0.05) is 19.7 Å². The van der Waals surface area contributed by atoms with E-state index >= 15 is 0 Å². The van der Waals surface area contributed by atoms with Crippen LogP contribution in [0.4, 0.5) is 0 Å². The van der Waals surface area contributed by atoms with Crippen LogP contribution in [0.2, 0.25) is 0 Å². The molecule has 0 unspecified atom stereocenters. The highest BCUT2D eigenvalue weighted by atomic mass is 16.3. The maximum absolute atomic E-state index is 12.5. The molecule has 20 heavy (non-hydrogen) atoms. The average Bonchev–Trinajstić information content (AvgIpc) is 2.77. The fourth-order valence-corrected chi connectivity index (χ4v) is 2.13. The van der Waals surface area contributed by atoms with Gasteiger partial charge in [-0.2, -0.15) is 0 Å². The van der Waals surface area contributed by atoms with Crippen LogP contribution in [0.3, 0.4) is 0 Å². The number of nitrogens with one attached hydrogen (secondary N) is 1. The molecule has 0 atom stereocenters. The quantitative estimate of drug-likeness (QED) is 0.838. The molecule has 2 rings (SSSR count). The van der Waals surface area contributed by atoms with Crippen molar-refractivity contribution in [3.8, 4) is 0 Å². The number of aliphatic hydroxyl groups excluding tert-OH is 1. The Labute approximate surface area is 115 Å². The lowest BCUT2D eigenvalue weighted by Gasteiger charge is -2.20. The second kappa shape index (κ2) is 5.87. The zero-order valence-corrected chi connectivity index (χ0v) is 11.5. The number of carbonyl (C=O) groups is 1. The maximum atomic E-state index is 12.5. The first kappa shape index (κ1) is 14.3. The van der Waals surface area contributed by atoms with E-state index in [0.29, 0.717) is 25.3 Å². The highest BCUT2D eigenvalue weighted by molar-refractivity contribution is 6.06. The molecule has 0 spiro atoms. The number of furan rings is 1. The molecule has 0 fully saturated rings. The Morgan fingerprint density at radius 1 is 1.55 bits per heavy atom. The van der Waals surface area contributed by atoms with Crippen LogP contribution in [0.15, 0.2) is 15.5 Å². The van der Waals surface area contributed by atoms with E-state index in [1.165, 1.54) is 6.33 Å². The van der Waals surface area contributed by atoms with Gasteiger partial charge < -0.3 is 19.4 Å². The molecule has 0 aliphatic rings. The lowest BCUT2D eigenvalue weighted by molar-refractivity contribution is 0.0754. The molecule has 7 heteroatoms. The monoisotopic (exact) mass is 279 g/mol. The molecular formula is C13H17N3O4. The summed E-state index contributed by atoms with van der Waals surface area (Å²) in [7, 11) is 0. The molecule has 0 aliphatic carbocycles. The number of amides is 1. The van der Waals surface area contributed by atoms with Crippen molar-refractivity contribution in [1.82, 2.24) is 14.9 Å². The van der Waals surface area contributed by atoms with Crippen LogP contribution in [0.5, 0.6) is 0 Å². The third kappa shape index (κ3) is 2.44. The van der Waals surface area contributed by atoms with E-state index < -0.39 is 5.56 Å². The first-order valence-electron chi connectivity index (χ1n) is 6.47.